The van der Waals surface area contributed by atoms with Crippen molar-refractivity contribution >= 4 is 29.2 Å². The molecule has 1 aromatic heterocycles. The van der Waals surface area contributed by atoms with Crippen LogP contribution in [0.3, 0.4) is 0 Å². The molecule has 1 spiro atoms. The molecule has 1 aliphatic heterocycles. The van der Waals surface area contributed by atoms with E-state index >= 15 is 0 Å². The summed E-state index contributed by atoms with van der Waals surface area (Å²) in [5.74, 6) is -0.754. The number of thiazole rings is 1. The van der Waals surface area contributed by atoms with Crippen LogP contribution in [0.15, 0.2) is 11.6 Å². The van der Waals surface area contributed by atoms with Crippen LogP contribution in [0, 0.1) is 5.41 Å². The van der Waals surface area contributed by atoms with Crippen LogP contribution in [0.4, 0.5) is 4.79 Å². The van der Waals surface area contributed by atoms with E-state index in [9.17, 15) is 14.4 Å². The highest BCUT2D eigenvalue weighted by atomic mass is 32.1. The van der Waals surface area contributed by atoms with Gasteiger partial charge < -0.3 is 0 Å². The SMILES string of the molecule is O=C1NC(=O)C2(CCCC2)C(=O)N1CCc1nccs1. The zero-order chi connectivity index (χ0) is 14.2. The van der Waals surface area contributed by atoms with Gasteiger partial charge in [-0.25, -0.2) is 9.78 Å². The number of carbonyl (C=O) groups is 3. The third-order valence-corrected chi connectivity index (χ3v) is 4.88. The van der Waals surface area contributed by atoms with E-state index in [0.29, 0.717) is 19.3 Å². The summed E-state index contributed by atoms with van der Waals surface area (Å²) in [7, 11) is 0. The van der Waals surface area contributed by atoms with Crippen molar-refractivity contribution in [3.05, 3.63) is 16.6 Å². The van der Waals surface area contributed by atoms with E-state index in [0.717, 1.165) is 17.8 Å². The molecule has 7 heteroatoms. The number of nitrogens with zero attached hydrogens (tertiary/aromatic N) is 2. The molecule has 106 valence electrons. The minimum atomic E-state index is -1.00. The third-order valence-electron chi connectivity index (χ3n) is 4.04. The van der Waals surface area contributed by atoms with Gasteiger partial charge in [-0.1, -0.05) is 12.8 Å². The van der Waals surface area contributed by atoms with Crippen molar-refractivity contribution in [1.29, 1.82) is 0 Å². The lowest BCUT2D eigenvalue weighted by atomic mass is 9.82. The largest absolute Gasteiger partial charge is 0.330 e. The number of urea groups is 1. The number of aromatic nitrogens is 1. The number of barbiturate groups is 1. The molecular weight excluding hydrogens is 278 g/mol. The quantitative estimate of drug-likeness (QED) is 0.853. The van der Waals surface area contributed by atoms with Gasteiger partial charge in [0.05, 0.1) is 5.01 Å². The molecule has 2 fully saturated rings. The molecule has 1 saturated heterocycles. The minimum absolute atomic E-state index is 0.271. The van der Waals surface area contributed by atoms with Gasteiger partial charge in [-0.05, 0) is 12.8 Å². The highest BCUT2D eigenvalue weighted by molar-refractivity contribution is 7.09. The molecule has 0 aromatic carbocycles. The Morgan fingerprint density at radius 2 is 2.05 bits per heavy atom. The highest BCUT2D eigenvalue weighted by Gasteiger charge is 2.54. The minimum Gasteiger partial charge on any atom is -0.277 e. The average Bonchev–Trinajstić information content (AvgIpc) is 3.09. The lowest BCUT2D eigenvalue weighted by Crippen LogP contribution is -2.63. The molecule has 0 bridgehead atoms. The summed E-state index contributed by atoms with van der Waals surface area (Å²) < 4.78 is 0. The standard InChI is InChI=1S/C13H15N3O3S/c17-10-13(4-1-2-5-13)11(18)16(12(19)15-10)7-3-9-14-6-8-20-9/h6,8H,1-5,7H2,(H,15,17,19). The zero-order valence-corrected chi connectivity index (χ0v) is 11.7. The molecule has 6 nitrogen and oxygen atoms in total. The lowest BCUT2D eigenvalue weighted by Gasteiger charge is -2.36. The lowest BCUT2D eigenvalue weighted by molar-refractivity contribution is -0.151. The van der Waals surface area contributed by atoms with Gasteiger partial charge in [0.15, 0.2) is 0 Å². The van der Waals surface area contributed by atoms with Crippen LogP contribution in [-0.4, -0.2) is 34.3 Å². The topological polar surface area (TPSA) is 79.4 Å². The molecule has 0 unspecified atom stereocenters. The van der Waals surface area contributed by atoms with Crippen LogP contribution < -0.4 is 5.32 Å². The number of rotatable bonds is 3. The van der Waals surface area contributed by atoms with Crippen LogP contribution in [0.1, 0.15) is 30.7 Å². The molecule has 2 heterocycles. The number of hydrogen-bond donors (Lipinski definition) is 1. The molecule has 0 atom stereocenters. The van der Waals surface area contributed by atoms with Gasteiger partial charge in [0.1, 0.15) is 5.41 Å². The van der Waals surface area contributed by atoms with Crippen molar-refractivity contribution < 1.29 is 14.4 Å². The van der Waals surface area contributed by atoms with Crippen LogP contribution in [0.5, 0.6) is 0 Å². The Morgan fingerprint density at radius 1 is 1.30 bits per heavy atom. The van der Waals surface area contributed by atoms with Gasteiger partial charge in [0, 0.05) is 24.5 Å². The smallest absolute Gasteiger partial charge is 0.277 e. The predicted octanol–water partition coefficient (Wildman–Crippen LogP) is 1.32. The third kappa shape index (κ3) is 2.02. The first-order valence-corrected chi connectivity index (χ1v) is 7.57. The molecule has 20 heavy (non-hydrogen) atoms. The highest BCUT2D eigenvalue weighted by Crippen LogP contribution is 2.41. The number of imide groups is 2. The van der Waals surface area contributed by atoms with Crippen molar-refractivity contribution in [3.63, 3.8) is 0 Å². The Labute approximate surface area is 120 Å². The second-order valence-corrected chi connectivity index (χ2v) is 6.16. The number of nitrogens with one attached hydrogen (secondary N) is 1. The zero-order valence-electron chi connectivity index (χ0n) is 10.9. The Kier molecular flexibility index (Phi) is 3.29. The van der Waals surface area contributed by atoms with Crippen LogP contribution in [-0.2, 0) is 16.0 Å². The molecule has 1 N–H and O–H groups in total. The van der Waals surface area contributed by atoms with Gasteiger partial charge in [-0.3, -0.25) is 19.8 Å². The fourth-order valence-corrected chi connectivity index (χ4v) is 3.55. The van der Waals surface area contributed by atoms with Crippen molar-refractivity contribution in [3.8, 4) is 0 Å². The number of carbonyl (C=O) groups excluding carboxylic acids is 3. The van der Waals surface area contributed by atoms with Gasteiger partial charge in [0.25, 0.3) is 0 Å². The maximum absolute atomic E-state index is 12.6. The summed E-state index contributed by atoms with van der Waals surface area (Å²) >= 11 is 1.49. The molecule has 0 radical (unpaired) electrons. The predicted molar refractivity (Wildman–Crippen MR) is 72.0 cm³/mol. The van der Waals surface area contributed by atoms with Gasteiger partial charge in [-0.15, -0.1) is 11.3 Å². The second kappa shape index (κ2) is 4.97. The summed E-state index contributed by atoms with van der Waals surface area (Å²) in [4.78, 5) is 41.8. The van der Waals surface area contributed by atoms with Crippen LogP contribution in [0.2, 0.25) is 0 Å². The average molecular weight is 293 g/mol. The Balaban J connectivity index is 1.77. The maximum atomic E-state index is 12.6. The number of amides is 4. The normalized spacial score (nSPS) is 21.6. The monoisotopic (exact) mass is 293 g/mol. The fourth-order valence-electron chi connectivity index (χ4n) is 2.94. The summed E-state index contributed by atoms with van der Waals surface area (Å²) in [5, 5.41) is 5.07. The van der Waals surface area contributed by atoms with Gasteiger partial charge in [0.2, 0.25) is 11.8 Å². The maximum Gasteiger partial charge on any atom is 0.330 e. The van der Waals surface area contributed by atoms with E-state index in [-0.39, 0.29) is 12.5 Å². The Bertz CT molecular complexity index is 549. The summed E-state index contributed by atoms with van der Waals surface area (Å²) in [6.45, 7) is 0.271. The first-order valence-electron chi connectivity index (χ1n) is 6.69. The summed E-state index contributed by atoms with van der Waals surface area (Å²) in [6.07, 6.45) is 5.01. The van der Waals surface area contributed by atoms with Crippen molar-refractivity contribution in [2.24, 2.45) is 5.41 Å². The molecule has 1 aromatic rings. The van der Waals surface area contributed by atoms with E-state index < -0.39 is 17.4 Å². The molecule has 4 amide bonds. The number of hydrogen-bond acceptors (Lipinski definition) is 5. The van der Waals surface area contributed by atoms with Gasteiger partial charge in [-0.2, -0.15) is 0 Å². The Hall–Kier alpha value is -1.76. The van der Waals surface area contributed by atoms with E-state index in [1.165, 1.54) is 16.2 Å². The van der Waals surface area contributed by atoms with Crippen LogP contribution in [0.25, 0.3) is 0 Å². The second-order valence-electron chi connectivity index (χ2n) is 5.18. The Morgan fingerprint density at radius 3 is 2.70 bits per heavy atom. The summed E-state index contributed by atoms with van der Waals surface area (Å²) in [5.41, 5.74) is -1.00. The van der Waals surface area contributed by atoms with Gasteiger partial charge >= 0.3 is 6.03 Å². The van der Waals surface area contributed by atoms with Crippen molar-refractivity contribution in [2.75, 3.05) is 6.54 Å². The fraction of sp³-hybridized carbons (Fsp3) is 0.538. The molecule has 1 aliphatic carbocycles. The first-order chi connectivity index (χ1) is 9.63. The molecule has 3 rings (SSSR count). The van der Waals surface area contributed by atoms with E-state index in [1.807, 2.05) is 5.38 Å². The molecule has 2 aliphatic rings. The van der Waals surface area contributed by atoms with Crippen molar-refractivity contribution in [1.82, 2.24) is 15.2 Å². The first kappa shape index (κ1) is 13.2. The van der Waals surface area contributed by atoms with Crippen LogP contribution >= 0.6 is 11.3 Å². The molecular formula is C13H15N3O3S. The van der Waals surface area contributed by atoms with E-state index in [4.69, 9.17) is 0 Å². The molecule has 1 saturated carbocycles. The van der Waals surface area contributed by atoms with E-state index in [1.54, 1.807) is 6.20 Å². The summed E-state index contributed by atoms with van der Waals surface area (Å²) in [6, 6.07) is -0.603. The van der Waals surface area contributed by atoms with Crippen molar-refractivity contribution in [2.45, 2.75) is 32.1 Å². The van der Waals surface area contributed by atoms with E-state index in [2.05, 4.69) is 10.3 Å².